The minimum absolute atomic E-state index is 0.130. The van der Waals surface area contributed by atoms with E-state index in [1.165, 1.54) is 12.1 Å². The van der Waals surface area contributed by atoms with Gasteiger partial charge in [-0.15, -0.1) is 0 Å². The van der Waals surface area contributed by atoms with E-state index in [-0.39, 0.29) is 16.7 Å². The van der Waals surface area contributed by atoms with Crippen LogP contribution < -0.4 is 9.46 Å². The monoisotopic (exact) mass is 378 g/mol. The average molecular weight is 378 g/mol. The van der Waals surface area contributed by atoms with Crippen molar-refractivity contribution < 1.29 is 17.9 Å². The number of ether oxygens (including phenoxy) is 1. The van der Waals surface area contributed by atoms with Crippen LogP contribution in [0.5, 0.6) is 5.75 Å². The summed E-state index contributed by atoms with van der Waals surface area (Å²) in [5.41, 5.74) is 0.921. The molecular formula is C19H26N2O4S. The van der Waals surface area contributed by atoms with Gasteiger partial charge in [-0.1, -0.05) is 6.08 Å². The van der Waals surface area contributed by atoms with E-state index in [1.807, 2.05) is 11.0 Å². The van der Waals surface area contributed by atoms with Crippen molar-refractivity contribution in [3.05, 3.63) is 35.9 Å². The van der Waals surface area contributed by atoms with Gasteiger partial charge in [0.15, 0.2) is 0 Å². The molecule has 0 spiro atoms. The van der Waals surface area contributed by atoms with Crippen molar-refractivity contribution in [3.8, 4) is 5.75 Å². The zero-order valence-corrected chi connectivity index (χ0v) is 15.9. The van der Waals surface area contributed by atoms with Crippen LogP contribution >= 0.6 is 0 Å². The number of likely N-dealkylation sites (tertiary alicyclic amines) is 1. The molecular weight excluding hydrogens is 352 g/mol. The van der Waals surface area contributed by atoms with Crippen molar-refractivity contribution in [2.45, 2.75) is 37.0 Å². The molecule has 0 bridgehead atoms. The second-order valence-electron chi connectivity index (χ2n) is 6.91. The molecule has 0 aromatic heterocycles. The van der Waals surface area contributed by atoms with Gasteiger partial charge < -0.3 is 9.64 Å². The van der Waals surface area contributed by atoms with Gasteiger partial charge in [-0.2, -0.15) is 0 Å². The van der Waals surface area contributed by atoms with Crippen molar-refractivity contribution in [3.63, 3.8) is 0 Å². The number of carbonyl (C=O) groups excluding carboxylic acids is 1. The van der Waals surface area contributed by atoms with Crippen LogP contribution in [0.4, 0.5) is 0 Å². The lowest BCUT2D eigenvalue weighted by Crippen LogP contribution is -2.44. The van der Waals surface area contributed by atoms with Gasteiger partial charge >= 0.3 is 0 Å². The molecule has 3 rings (SSSR count). The number of allylic oxidation sites excluding steroid dienone is 1. The summed E-state index contributed by atoms with van der Waals surface area (Å²) in [6.07, 6.45) is 6.78. The molecule has 1 aliphatic carbocycles. The minimum Gasteiger partial charge on any atom is -0.497 e. The van der Waals surface area contributed by atoms with E-state index in [1.54, 1.807) is 19.2 Å². The third-order valence-corrected chi connectivity index (χ3v) is 6.49. The molecule has 1 saturated heterocycles. The molecule has 1 amide bonds. The summed E-state index contributed by atoms with van der Waals surface area (Å²) in [7, 11) is -2.02. The Morgan fingerprint density at radius 1 is 1.27 bits per heavy atom. The first-order valence-electron chi connectivity index (χ1n) is 9.11. The number of amides is 1. The van der Waals surface area contributed by atoms with Crippen molar-refractivity contribution in [1.29, 1.82) is 0 Å². The molecule has 1 aromatic carbocycles. The van der Waals surface area contributed by atoms with E-state index in [9.17, 15) is 13.2 Å². The van der Waals surface area contributed by atoms with Gasteiger partial charge in [-0.05, 0) is 62.3 Å². The molecule has 1 heterocycles. The number of rotatable bonds is 6. The molecule has 0 saturated carbocycles. The van der Waals surface area contributed by atoms with Gasteiger partial charge in [0.25, 0.3) is 0 Å². The van der Waals surface area contributed by atoms with Gasteiger partial charge in [0, 0.05) is 25.2 Å². The zero-order valence-electron chi connectivity index (χ0n) is 15.1. The average Bonchev–Trinajstić information content (AvgIpc) is 3.21. The van der Waals surface area contributed by atoms with Gasteiger partial charge in [0.1, 0.15) is 5.75 Å². The molecule has 1 aromatic rings. The zero-order chi connectivity index (χ0) is 18.6. The van der Waals surface area contributed by atoms with Crippen molar-refractivity contribution >= 4 is 15.9 Å². The summed E-state index contributed by atoms with van der Waals surface area (Å²) in [4.78, 5) is 14.6. The highest BCUT2D eigenvalue weighted by Gasteiger charge is 2.27. The van der Waals surface area contributed by atoms with Crippen molar-refractivity contribution in [2.24, 2.45) is 5.92 Å². The van der Waals surface area contributed by atoms with Gasteiger partial charge in [0.05, 0.1) is 12.0 Å². The Labute approximate surface area is 155 Å². The van der Waals surface area contributed by atoms with E-state index in [2.05, 4.69) is 4.72 Å². The number of nitrogens with zero attached hydrogens (tertiary/aromatic N) is 1. The molecule has 1 atom stereocenters. The van der Waals surface area contributed by atoms with Crippen LogP contribution in [0.25, 0.3) is 0 Å². The molecule has 142 valence electrons. The number of nitrogens with one attached hydrogen (secondary N) is 1. The smallest absolute Gasteiger partial charge is 0.249 e. The van der Waals surface area contributed by atoms with E-state index < -0.39 is 10.0 Å². The first-order chi connectivity index (χ1) is 12.5. The lowest BCUT2D eigenvalue weighted by molar-refractivity contribution is -0.128. The Kier molecular flexibility index (Phi) is 5.98. The number of hydrogen-bond acceptors (Lipinski definition) is 4. The van der Waals surface area contributed by atoms with E-state index in [0.717, 1.165) is 44.2 Å². The maximum Gasteiger partial charge on any atom is 0.249 e. The number of methoxy groups -OCH3 is 1. The van der Waals surface area contributed by atoms with Crippen molar-refractivity contribution in [2.75, 3.05) is 26.7 Å². The molecule has 7 heteroatoms. The highest BCUT2D eigenvalue weighted by atomic mass is 32.2. The lowest BCUT2D eigenvalue weighted by Gasteiger charge is -2.33. The molecule has 1 aliphatic heterocycles. The maximum absolute atomic E-state index is 12.5. The Hall–Kier alpha value is -1.86. The summed E-state index contributed by atoms with van der Waals surface area (Å²) in [5, 5.41) is 0. The molecule has 2 aliphatic rings. The fourth-order valence-electron chi connectivity index (χ4n) is 3.55. The second-order valence-corrected chi connectivity index (χ2v) is 8.68. The summed E-state index contributed by atoms with van der Waals surface area (Å²) in [5.74, 6) is 0.888. The minimum atomic E-state index is -3.56. The molecule has 26 heavy (non-hydrogen) atoms. The first-order valence-corrected chi connectivity index (χ1v) is 10.6. The van der Waals surface area contributed by atoms with Crippen LogP contribution in [0.1, 0.15) is 32.1 Å². The van der Waals surface area contributed by atoms with E-state index in [0.29, 0.717) is 18.8 Å². The maximum atomic E-state index is 12.5. The Balaban J connectivity index is 1.57. The summed E-state index contributed by atoms with van der Waals surface area (Å²) in [6.45, 7) is 1.72. The predicted molar refractivity (Wildman–Crippen MR) is 99.4 cm³/mol. The van der Waals surface area contributed by atoms with Crippen LogP contribution in [-0.2, 0) is 14.8 Å². The fraction of sp³-hybridized carbons (Fsp3) is 0.526. The third-order valence-electron chi connectivity index (χ3n) is 5.05. The van der Waals surface area contributed by atoms with Gasteiger partial charge in [-0.3, -0.25) is 4.79 Å². The van der Waals surface area contributed by atoms with Crippen LogP contribution in [0.15, 0.2) is 40.8 Å². The predicted octanol–water partition coefficient (Wildman–Crippen LogP) is 2.32. The van der Waals surface area contributed by atoms with E-state index in [4.69, 9.17) is 4.74 Å². The first kappa shape index (κ1) is 18.9. The quantitative estimate of drug-likeness (QED) is 0.824. The Morgan fingerprint density at radius 2 is 2.04 bits per heavy atom. The van der Waals surface area contributed by atoms with Crippen LogP contribution in [-0.4, -0.2) is 46.0 Å². The van der Waals surface area contributed by atoms with Crippen molar-refractivity contribution in [1.82, 2.24) is 9.62 Å². The SMILES string of the molecule is COc1ccc(S(=O)(=O)NC[C@H]2CCCN(C(=O)C3=CCCC3)C2)cc1. The lowest BCUT2D eigenvalue weighted by atomic mass is 9.97. The normalized spacial score (nSPS) is 20.7. The topological polar surface area (TPSA) is 75.7 Å². The summed E-state index contributed by atoms with van der Waals surface area (Å²) in [6, 6.07) is 6.32. The van der Waals surface area contributed by atoms with Crippen LogP contribution in [0, 0.1) is 5.92 Å². The summed E-state index contributed by atoms with van der Waals surface area (Å²) < 4.78 is 32.7. The molecule has 6 nitrogen and oxygen atoms in total. The standard InChI is InChI=1S/C19H26N2O4S/c1-25-17-8-10-18(11-9-17)26(23,24)20-13-15-5-4-12-21(14-15)19(22)16-6-2-3-7-16/h6,8-11,15,20H,2-5,7,12-14H2,1H3/t15-/m1/s1. The van der Waals surface area contributed by atoms with E-state index >= 15 is 0 Å². The summed E-state index contributed by atoms with van der Waals surface area (Å²) >= 11 is 0. The number of carbonyl (C=O) groups is 1. The van der Waals surface area contributed by atoms with Gasteiger partial charge in [-0.25, -0.2) is 13.1 Å². The van der Waals surface area contributed by atoms with Crippen LogP contribution in [0.2, 0.25) is 0 Å². The Bertz CT molecular complexity index is 771. The number of hydrogen-bond donors (Lipinski definition) is 1. The number of sulfonamides is 1. The Morgan fingerprint density at radius 3 is 2.69 bits per heavy atom. The number of piperidine rings is 1. The highest BCUT2D eigenvalue weighted by Crippen LogP contribution is 2.24. The highest BCUT2D eigenvalue weighted by molar-refractivity contribution is 7.89. The second kappa shape index (κ2) is 8.22. The number of benzene rings is 1. The third kappa shape index (κ3) is 4.45. The van der Waals surface area contributed by atoms with Gasteiger partial charge in [0.2, 0.25) is 15.9 Å². The largest absolute Gasteiger partial charge is 0.497 e. The molecule has 0 unspecified atom stereocenters. The van der Waals surface area contributed by atoms with Crippen LogP contribution in [0.3, 0.4) is 0 Å². The fourth-order valence-corrected chi connectivity index (χ4v) is 4.67. The molecule has 1 fully saturated rings. The molecule has 1 N–H and O–H groups in total. The molecule has 0 radical (unpaired) electrons.